The van der Waals surface area contributed by atoms with Gasteiger partial charge in [-0.1, -0.05) is 40.1 Å². The van der Waals surface area contributed by atoms with E-state index in [2.05, 4.69) is 10.6 Å². The van der Waals surface area contributed by atoms with Crippen LogP contribution in [0, 0.1) is 0 Å². The summed E-state index contributed by atoms with van der Waals surface area (Å²) in [5.41, 5.74) is 0.245. The van der Waals surface area contributed by atoms with Gasteiger partial charge in [-0.3, -0.25) is 9.59 Å². The van der Waals surface area contributed by atoms with Crippen molar-refractivity contribution in [2.45, 2.75) is 37.4 Å². The number of carbonyl (C=O) groups is 2. The van der Waals surface area contributed by atoms with Crippen LogP contribution in [0.2, 0.25) is 0 Å². The van der Waals surface area contributed by atoms with E-state index in [-0.39, 0.29) is 23.1 Å². The second kappa shape index (κ2) is 12.9. The van der Waals surface area contributed by atoms with Gasteiger partial charge in [-0.2, -0.15) is 0 Å². The van der Waals surface area contributed by atoms with Crippen LogP contribution in [-0.4, -0.2) is 54.2 Å². The number of unbranched alkanes of at least 4 members (excludes halogenated alkanes) is 1. The Morgan fingerprint density at radius 1 is 1.15 bits per heavy atom. The van der Waals surface area contributed by atoms with Crippen molar-refractivity contribution in [3.63, 3.8) is 0 Å². The number of rotatable bonds is 12. The van der Waals surface area contributed by atoms with Crippen molar-refractivity contribution in [1.29, 1.82) is 0 Å². The lowest BCUT2D eigenvalue weighted by atomic mass is 10.1. The number of nitrogens with one attached hydrogen (secondary N) is 2. The molecule has 1 aliphatic rings. The van der Waals surface area contributed by atoms with E-state index in [4.69, 9.17) is 4.74 Å². The fourth-order valence-electron chi connectivity index (χ4n) is 2.67. The van der Waals surface area contributed by atoms with Crippen molar-refractivity contribution in [3.05, 3.63) is 29.8 Å². The summed E-state index contributed by atoms with van der Waals surface area (Å²) in [6.07, 6.45) is 5.12. The van der Waals surface area contributed by atoms with Gasteiger partial charge in [0.2, 0.25) is 5.91 Å². The molecule has 1 aliphatic heterocycles. The van der Waals surface area contributed by atoms with Gasteiger partial charge < -0.3 is 20.5 Å². The molecule has 0 aromatic heterocycles. The molecular formula is C19H28N2O4S2. The Morgan fingerprint density at radius 2 is 1.93 bits per heavy atom. The number of para-hydroxylation sites is 1. The number of aromatic hydroxyl groups is 1. The Morgan fingerprint density at radius 3 is 2.67 bits per heavy atom. The van der Waals surface area contributed by atoms with Crippen molar-refractivity contribution in [3.8, 4) is 5.75 Å². The van der Waals surface area contributed by atoms with Crippen molar-refractivity contribution in [2.75, 3.05) is 32.1 Å². The minimum Gasteiger partial charge on any atom is -0.507 e. The molecule has 0 radical (unpaired) electrons. The number of phenolic OH excluding ortho intramolecular Hbond substituents is 1. The van der Waals surface area contributed by atoms with Gasteiger partial charge >= 0.3 is 0 Å². The fraction of sp³-hybridized carbons (Fsp3) is 0.579. The van der Waals surface area contributed by atoms with Gasteiger partial charge in [0.15, 0.2) is 0 Å². The van der Waals surface area contributed by atoms with Crippen molar-refractivity contribution >= 4 is 33.4 Å². The molecule has 0 aliphatic carbocycles. The van der Waals surface area contributed by atoms with E-state index in [1.54, 1.807) is 18.2 Å². The van der Waals surface area contributed by atoms with Crippen LogP contribution < -0.4 is 10.6 Å². The molecule has 1 saturated heterocycles. The molecule has 150 valence electrons. The lowest BCUT2D eigenvalue weighted by Crippen LogP contribution is -2.30. The summed E-state index contributed by atoms with van der Waals surface area (Å²) in [6, 6.07) is 6.39. The number of benzene rings is 1. The maximum Gasteiger partial charge on any atom is 0.255 e. The number of phenols is 1. The van der Waals surface area contributed by atoms with E-state index in [1.807, 2.05) is 21.6 Å². The normalized spacial score (nSPS) is 16.2. The van der Waals surface area contributed by atoms with Gasteiger partial charge in [-0.15, -0.1) is 0 Å². The van der Waals surface area contributed by atoms with Gasteiger partial charge in [-0.25, -0.2) is 0 Å². The molecule has 1 fully saturated rings. The Bertz CT molecular complexity index is 595. The zero-order chi connectivity index (χ0) is 19.3. The highest BCUT2D eigenvalue weighted by Gasteiger charge is 2.15. The summed E-state index contributed by atoms with van der Waals surface area (Å²) in [7, 11) is 3.94. The summed E-state index contributed by atoms with van der Waals surface area (Å²) >= 11 is 0. The standard InChI is InChI=1S/C19H28N2O4S2/c22-17-7-3-2-6-16(17)19(24)21-11-13-25-12-10-20-18(23)8-4-1-5-15-9-14-26-27-15/h2-3,6-7,15,22H,1,4-5,8-14H2,(H,20,23)(H,21,24)/t15-/m0/s1. The Balaban J connectivity index is 1.41. The largest absolute Gasteiger partial charge is 0.507 e. The molecule has 1 aromatic carbocycles. The first-order valence-corrected chi connectivity index (χ1v) is 11.7. The maximum atomic E-state index is 11.9. The van der Waals surface area contributed by atoms with Crippen LogP contribution in [0.4, 0.5) is 0 Å². The molecule has 8 heteroatoms. The van der Waals surface area contributed by atoms with Gasteiger partial charge in [-0.05, 0) is 31.4 Å². The predicted octanol–water partition coefficient (Wildman–Crippen LogP) is 2.97. The Hall–Kier alpha value is -1.38. The van der Waals surface area contributed by atoms with Gasteiger partial charge in [0.1, 0.15) is 5.75 Å². The average molecular weight is 413 g/mol. The third-order valence-electron chi connectivity index (χ3n) is 4.16. The molecular weight excluding hydrogens is 384 g/mol. The third-order valence-corrected chi connectivity index (χ3v) is 7.16. The monoisotopic (exact) mass is 412 g/mol. The zero-order valence-corrected chi connectivity index (χ0v) is 17.1. The van der Waals surface area contributed by atoms with Gasteiger partial charge in [0.25, 0.3) is 5.91 Å². The molecule has 0 spiro atoms. The maximum absolute atomic E-state index is 11.9. The molecule has 3 N–H and O–H groups in total. The molecule has 1 heterocycles. The lowest BCUT2D eigenvalue weighted by molar-refractivity contribution is -0.121. The summed E-state index contributed by atoms with van der Waals surface area (Å²) in [5, 5.41) is 15.9. The van der Waals surface area contributed by atoms with Crippen LogP contribution in [-0.2, 0) is 9.53 Å². The van der Waals surface area contributed by atoms with E-state index in [0.717, 1.165) is 18.1 Å². The third kappa shape index (κ3) is 8.90. The minimum absolute atomic E-state index is 0.0421. The van der Waals surface area contributed by atoms with Crippen LogP contribution in [0.3, 0.4) is 0 Å². The van der Waals surface area contributed by atoms with Crippen LogP contribution in [0.25, 0.3) is 0 Å². The van der Waals surface area contributed by atoms with E-state index in [0.29, 0.717) is 32.7 Å². The molecule has 0 bridgehead atoms. The number of ether oxygens (including phenoxy) is 1. The number of carbonyl (C=O) groups excluding carboxylic acids is 2. The smallest absolute Gasteiger partial charge is 0.255 e. The van der Waals surface area contributed by atoms with Gasteiger partial charge in [0, 0.05) is 30.5 Å². The highest BCUT2D eigenvalue weighted by atomic mass is 33.1. The quantitative estimate of drug-likeness (QED) is 0.361. The Kier molecular flexibility index (Phi) is 10.5. The van der Waals surface area contributed by atoms with Crippen LogP contribution in [0.1, 0.15) is 42.5 Å². The zero-order valence-electron chi connectivity index (χ0n) is 15.4. The fourth-order valence-corrected chi connectivity index (χ4v) is 5.70. The average Bonchev–Trinajstić information content (AvgIpc) is 3.18. The highest BCUT2D eigenvalue weighted by molar-refractivity contribution is 8.77. The van der Waals surface area contributed by atoms with Crippen molar-refractivity contribution < 1.29 is 19.4 Å². The SMILES string of the molecule is O=C(CCCC[C@H]1CCSS1)NCCOCCNC(=O)c1ccccc1O. The molecule has 2 amide bonds. The predicted molar refractivity (Wildman–Crippen MR) is 111 cm³/mol. The second-order valence-electron chi connectivity index (χ2n) is 6.31. The first kappa shape index (κ1) is 21.9. The molecule has 0 unspecified atom stereocenters. The molecule has 6 nitrogen and oxygen atoms in total. The molecule has 0 saturated carbocycles. The minimum atomic E-state index is -0.334. The number of hydrogen-bond donors (Lipinski definition) is 3. The van der Waals surface area contributed by atoms with E-state index < -0.39 is 0 Å². The van der Waals surface area contributed by atoms with Crippen LogP contribution in [0.5, 0.6) is 5.75 Å². The molecule has 27 heavy (non-hydrogen) atoms. The molecule has 1 atom stereocenters. The van der Waals surface area contributed by atoms with Crippen molar-refractivity contribution in [2.24, 2.45) is 0 Å². The summed E-state index contributed by atoms with van der Waals surface area (Å²) in [4.78, 5) is 23.6. The van der Waals surface area contributed by atoms with Crippen LogP contribution in [0.15, 0.2) is 24.3 Å². The number of amides is 2. The Labute approximate surface area is 168 Å². The van der Waals surface area contributed by atoms with E-state index in [9.17, 15) is 14.7 Å². The number of hydrogen-bond acceptors (Lipinski definition) is 6. The lowest BCUT2D eigenvalue weighted by Gasteiger charge is -2.09. The van der Waals surface area contributed by atoms with Crippen LogP contribution >= 0.6 is 21.6 Å². The molecule has 2 rings (SSSR count). The second-order valence-corrected chi connectivity index (χ2v) is 9.10. The summed E-state index contributed by atoms with van der Waals surface area (Å²) in [5.74, 6) is 0.952. The van der Waals surface area contributed by atoms with E-state index in [1.165, 1.54) is 24.7 Å². The highest BCUT2D eigenvalue weighted by Crippen LogP contribution is 2.39. The topological polar surface area (TPSA) is 87.7 Å². The summed E-state index contributed by atoms with van der Waals surface area (Å²) < 4.78 is 5.40. The molecule has 1 aromatic rings. The first-order chi connectivity index (χ1) is 13.2. The van der Waals surface area contributed by atoms with Crippen molar-refractivity contribution in [1.82, 2.24) is 10.6 Å². The first-order valence-electron chi connectivity index (χ1n) is 9.35. The summed E-state index contributed by atoms with van der Waals surface area (Å²) in [6.45, 7) is 1.58. The van der Waals surface area contributed by atoms with E-state index >= 15 is 0 Å². The van der Waals surface area contributed by atoms with Gasteiger partial charge in [0.05, 0.1) is 18.8 Å².